The van der Waals surface area contributed by atoms with E-state index in [1.165, 1.54) is 5.56 Å². The number of hydrogen-bond donors (Lipinski definition) is 2. The Morgan fingerprint density at radius 1 is 0.969 bits per heavy atom. The van der Waals surface area contributed by atoms with Gasteiger partial charge >= 0.3 is 0 Å². The van der Waals surface area contributed by atoms with Gasteiger partial charge in [-0.1, -0.05) is 55.5 Å². The van der Waals surface area contributed by atoms with Gasteiger partial charge in [-0.05, 0) is 35.8 Å². The quantitative estimate of drug-likeness (QED) is 0.440. The van der Waals surface area contributed by atoms with E-state index in [1.54, 1.807) is 0 Å². The maximum absolute atomic E-state index is 6.19. The van der Waals surface area contributed by atoms with Crippen molar-refractivity contribution in [3.8, 4) is 22.5 Å². The summed E-state index contributed by atoms with van der Waals surface area (Å²) in [7, 11) is 0. The third-order valence-electron chi connectivity index (χ3n) is 5.88. The van der Waals surface area contributed by atoms with Crippen LogP contribution in [-0.2, 0) is 13.0 Å². The van der Waals surface area contributed by atoms with Crippen molar-refractivity contribution in [1.82, 2.24) is 35.2 Å². The van der Waals surface area contributed by atoms with E-state index in [2.05, 4.69) is 62.4 Å². The van der Waals surface area contributed by atoms with Crippen LogP contribution in [0.1, 0.15) is 29.6 Å². The molecule has 160 valence electrons. The fraction of sp³-hybridized carbons (Fsp3) is 0.208. The molecule has 0 aliphatic carbocycles. The maximum Gasteiger partial charge on any atom is 0.205 e. The molecule has 5 rings (SSSR count). The zero-order valence-electron chi connectivity index (χ0n) is 18.3. The van der Waals surface area contributed by atoms with Gasteiger partial charge in [0.1, 0.15) is 11.3 Å². The van der Waals surface area contributed by atoms with Crippen LogP contribution in [0, 0.1) is 13.8 Å². The number of imidazole rings is 1. The van der Waals surface area contributed by atoms with Crippen molar-refractivity contribution in [3.05, 3.63) is 71.2 Å². The van der Waals surface area contributed by atoms with E-state index in [0.29, 0.717) is 12.4 Å². The van der Waals surface area contributed by atoms with E-state index in [-0.39, 0.29) is 0 Å². The molecule has 0 amide bonds. The number of benzene rings is 2. The Hall–Kier alpha value is -4.07. The second-order valence-corrected chi connectivity index (χ2v) is 7.85. The monoisotopic (exact) mass is 424 g/mol. The van der Waals surface area contributed by atoms with Crippen LogP contribution in [0.2, 0.25) is 0 Å². The number of H-pyrrole nitrogens is 1. The molecule has 0 radical (unpaired) electrons. The lowest BCUT2D eigenvalue weighted by molar-refractivity contribution is 0.745. The standard InChI is InChI=1S/C24H24N8/c1-4-20-27-22-14(2)21(25)15(3)26-24(22)32(20)13-16-9-11-17(12-10-16)18-7-5-6-8-19(18)23-28-30-31-29-23/h5-12H,4,13,25H2,1-3H3,(H,28,29,30,31). The second-order valence-electron chi connectivity index (χ2n) is 7.85. The molecule has 0 unspecified atom stereocenters. The average molecular weight is 425 g/mol. The van der Waals surface area contributed by atoms with E-state index in [1.807, 2.05) is 32.0 Å². The summed E-state index contributed by atoms with van der Waals surface area (Å²) in [6.07, 6.45) is 0.824. The molecular weight excluding hydrogens is 400 g/mol. The van der Waals surface area contributed by atoms with Crippen LogP contribution in [0.15, 0.2) is 48.5 Å². The minimum absolute atomic E-state index is 0.582. The normalized spacial score (nSPS) is 11.3. The number of nitrogens with two attached hydrogens (primary N) is 1. The molecule has 3 heterocycles. The van der Waals surface area contributed by atoms with Gasteiger partial charge in [-0.15, -0.1) is 10.2 Å². The van der Waals surface area contributed by atoms with E-state index in [9.17, 15) is 0 Å². The maximum atomic E-state index is 6.19. The Bertz CT molecular complexity index is 1400. The summed E-state index contributed by atoms with van der Waals surface area (Å²) in [6.45, 7) is 6.77. The lowest BCUT2D eigenvalue weighted by Crippen LogP contribution is -2.06. The molecule has 0 bridgehead atoms. The lowest BCUT2D eigenvalue weighted by Gasteiger charge is -2.11. The molecule has 0 spiro atoms. The van der Waals surface area contributed by atoms with E-state index in [4.69, 9.17) is 15.7 Å². The van der Waals surface area contributed by atoms with Crippen LogP contribution in [0.3, 0.4) is 0 Å². The predicted molar refractivity (Wildman–Crippen MR) is 125 cm³/mol. The molecule has 0 aliphatic rings. The lowest BCUT2D eigenvalue weighted by atomic mass is 9.98. The number of nitrogens with one attached hydrogen (secondary N) is 1. The smallest absolute Gasteiger partial charge is 0.205 e. The molecule has 8 heteroatoms. The Morgan fingerprint density at radius 2 is 1.72 bits per heavy atom. The number of pyridine rings is 1. The first kappa shape index (κ1) is 19.9. The number of aromatic amines is 1. The van der Waals surface area contributed by atoms with Gasteiger partial charge in [0.15, 0.2) is 5.65 Å². The number of anilines is 1. The summed E-state index contributed by atoms with van der Waals surface area (Å²) in [5.41, 5.74) is 14.8. The topological polar surface area (TPSA) is 111 Å². The largest absolute Gasteiger partial charge is 0.397 e. The number of nitrogen functional groups attached to an aromatic ring is 1. The highest BCUT2D eigenvalue weighted by molar-refractivity contribution is 5.82. The number of hydrogen-bond acceptors (Lipinski definition) is 6. The molecule has 32 heavy (non-hydrogen) atoms. The Morgan fingerprint density at radius 3 is 2.41 bits per heavy atom. The summed E-state index contributed by atoms with van der Waals surface area (Å²) in [4.78, 5) is 9.59. The molecule has 0 saturated heterocycles. The van der Waals surface area contributed by atoms with E-state index in [0.717, 1.165) is 57.0 Å². The fourth-order valence-corrected chi connectivity index (χ4v) is 4.09. The van der Waals surface area contributed by atoms with Gasteiger partial charge in [-0.25, -0.2) is 9.97 Å². The third kappa shape index (κ3) is 3.30. The van der Waals surface area contributed by atoms with Gasteiger partial charge in [0.05, 0.1) is 17.9 Å². The number of nitrogens with zero attached hydrogens (tertiary/aromatic N) is 6. The highest BCUT2D eigenvalue weighted by Gasteiger charge is 2.16. The van der Waals surface area contributed by atoms with Gasteiger partial charge in [0, 0.05) is 17.5 Å². The zero-order valence-corrected chi connectivity index (χ0v) is 18.3. The molecule has 3 N–H and O–H groups in total. The molecule has 2 aromatic carbocycles. The van der Waals surface area contributed by atoms with E-state index < -0.39 is 0 Å². The average Bonchev–Trinajstić information content (AvgIpc) is 3.47. The Balaban J connectivity index is 1.51. The summed E-state index contributed by atoms with van der Waals surface area (Å²) in [5.74, 6) is 1.59. The van der Waals surface area contributed by atoms with Crippen molar-refractivity contribution >= 4 is 16.9 Å². The number of aryl methyl sites for hydroxylation is 3. The third-order valence-corrected chi connectivity index (χ3v) is 5.88. The highest BCUT2D eigenvalue weighted by atomic mass is 15.5. The van der Waals surface area contributed by atoms with Crippen LogP contribution in [0.4, 0.5) is 5.69 Å². The van der Waals surface area contributed by atoms with Crippen LogP contribution in [0.25, 0.3) is 33.7 Å². The van der Waals surface area contributed by atoms with Gasteiger partial charge in [-0.2, -0.15) is 5.21 Å². The van der Waals surface area contributed by atoms with E-state index >= 15 is 0 Å². The molecule has 0 aliphatic heterocycles. The minimum Gasteiger partial charge on any atom is -0.397 e. The predicted octanol–water partition coefficient (Wildman–Crippen LogP) is 4.09. The van der Waals surface area contributed by atoms with Crippen molar-refractivity contribution < 1.29 is 0 Å². The first-order valence-electron chi connectivity index (χ1n) is 10.6. The van der Waals surface area contributed by atoms with Crippen molar-refractivity contribution in [2.24, 2.45) is 0 Å². The number of fused-ring (bicyclic) bond motifs is 1. The molecule has 0 saturated carbocycles. The SMILES string of the molecule is CCc1nc2c(C)c(N)c(C)nc2n1Cc1ccc(-c2ccccc2-c2nn[nH]n2)cc1. The van der Waals surface area contributed by atoms with Crippen LogP contribution >= 0.6 is 0 Å². The molecule has 8 nitrogen and oxygen atoms in total. The van der Waals surface area contributed by atoms with Crippen molar-refractivity contribution in [3.63, 3.8) is 0 Å². The summed E-state index contributed by atoms with van der Waals surface area (Å²) < 4.78 is 2.19. The van der Waals surface area contributed by atoms with Crippen LogP contribution < -0.4 is 5.73 Å². The Kier molecular flexibility index (Phi) is 4.89. The number of rotatable bonds is 5. The van der Waals surface area contributed by atoms with Crippen molar-refractivity contribution in [1.29, 1.82) is 0 Å². The summed E-state index contributed by atoms with van der Waals surface area (Å²) in [5, 5.41) is 14.5. The van der Waals surface area contributed by atoms with Gasteiger partial charge in [-0.3, -0.25) is 0 Å². The zero-order chi connectivity index (χ0) is 22.2. The highest BCUT2D eigenvalue weighted by Crippen LogP contribution is 2.30. The summed E-state index contributed by atoms with van der Waals surface area (Å²) >= 11 is 0. The van der Waals surface area contributed by atoms with Crippen LogP contribution in [0.5, 0.6) is 0 Å². The molecule has 0 atom stereocenters. The summed E-state index contributed by atoms with van der Waals surface area (Å²) in [6, 6.07) is 16.6. The fourth-order valence-electron chi connectivity index (χ4n) is 4.09. The first-order chi connectivity index (χ1) is 15.6. The Labute approximate surface area is 185 Å². The number of tetrazole rings is 1. The molecular formula is C24H24N8. The minimum atomic E-state index is 0.582. The van der Waals surface area contributed by atoms with Gasteiger partial charge < -0.3 is 10.3 Å². The second kappa shape index (κ2) is 7.88. The number of aromatic nitrogens is 7. The van der Waals surface area contributed by atoms with Crippen molar-refractivity contribution in [2.75, 3.05) is 5.73 Å². The van der Waals surface area contributed by atoms with Crippen LogP contribution in [-0.4, -0.2) is 35.2 Å². The van der Waals surface area contributed by atoms with Gasteiger partial charge in [0.25, 0.3) is 0 Å². The molecule has 3 aromatic heterocycles. The first-order valence-corrected chi connectivity index (χ1v) is 10.6. The van der Waals surface area contributed by atoms with Crippen molar-refractivity contribution in [2.45, 2.75) is 33.7 Å². The molecule has 5 aromatic rings. The molecule has 0 fully saturated rings. The van der Waals surface area contributed by atoms with Gasteiger partial charge in [0.2, 0.25) is 5.82 Å².